The summed E-state index contributed by atoms with van der Waals surface area (Å²) in [5, 5.41) is 0. The first-order chi connectivity index (χ1) is 28.6. The summed E-state index contributed by atoms with van der Waals surface area (Å²) in [5.41, 5.74) is 12.2. The number of benzene rings is 3. The highest BCUT2D eigenvalue weighted by atomic mass is 14.8. The van der Waals surface area contributed by atoms with E-state index in [9.17, 15) is 0 Å². The van der Waals surface area contributed by atoms with E-state index in [2.05, 4.69) is 150 Å². The average Bonchev–Trinajstić information content (AvgIpc) is 3.24. The van der Waals surface area contributed by atoms with Crippen molar-refractivity contribution in [3.8, 4) is 33.8 Å². The SMILES string of the molecule is CC(C)(C)/C(=N/c1ccc(-c2ccccn2)cc1)C1CC(/C(=N\c2ccc(-c3ccccn3)cc2)C(C)(C)C)CC(/C(=N\c2ccc(-c3ccccn3)cc2)C(C)(C)C)C1. The van der Waals surface area contributed by atoms with Crippen LogP contribution in [0.5, 0.6) is 0 Å². The van der Waals surface area contributed by atoms with Gasteiger partial charge >= 0.3 is 0 Å². The largest absolute Gasteiger partial charge is 0.257 e. The number of rotatable bonds is 9. The van der Waals surface area contributed by atoms with E-state index in [0.29, 0.717) is 0 Å². The molecular weight excluding hydrogens is 733 g/mol. The van der Waals surface area contributed by atoms with E-state index < -0.39 is 0 Å². The molecular formula is C54H60N6. The van der Waals surface area contributed by atoms with E-state index in [-0.39, 0.29) is 34.0 Å². The van der Waals surface area contributed by atoms with Crippen LogP contribution in [0.2, 0.25) is 0 Å². The summed E-state index contributed by atoms with van der Waals surface area (Å²) >= 11 is 0. The van der Waals surface area contributed by atoms with Crippen molar-refractivity contribution in [1.29, 1.82) is 0 Å². The van der Waals surface area contributed by atoms with Crippen LogP contribution in [0.3, 0.4) is 0 Å². The molecule has 306 valence electrons. The molecule has 6 heteroatoms. The van der Waals surface area contributed by atoms with Gasteiger partial charge in [-0.2, -0.15) is 0 Å². The second kappa shape index (κ2) is 17.8. The molecule has 0 radical (unpaired) electrons. The Morgan fingerprint density at radius 2 is 0.617 bits per heavy atom. The van der Waals surface area contributed by atoms with E-state index in [1.807, 2.05) is 73.2 Å². The van der Waals surface area contributed by atoms with Crippen molar-refractivity contribution in [3.63, 3.8) is 0 Å². The van der Waals surface area contributed by atoms with Crippen molar-refractivity contribution < 1.29 is 0 Å². The molecule has 0 saturated heterocycles. The molecule has 3 aromatic heterocycles. The zero-order chi connectivity index (χ0) is 42.5. The van der Waals surface area contributed by atoms with Crippen LogP contribution in [-0.2, 0) is 0 Å². The number of aromatic nitrogens is 3. The van der Waals surface area contributed by atoms with E-state index in [0.717, 1.165) is 70.1 Å². The molecule has 6 nitrogen and oxygen atoms in total. The van der Waals surface area contributed by atoms with Gasteiger partial charge in [0.2, 0.25) is 0 Å². The summed E-state index contributed by atoms with van der Waals surface area (Å²) in [5.74, 6) is 0.632. The fourth-order valence-electron chi connectivity index (χ4n) is 8.74. The first kappa shape index (κ1) is 42.3. The molecule has 1 fully saturated rings. The summed E-state index contributed by atoms with van der Waals surface area (Å²) in [4.78, 5) is 30.4. The van der Waals surface area contributed by atoms with E-state index in [4.69, 9.17) is 15.0 Å². The number of hydrogen-bond acceptors (Lipinski definition) is 6. The predicted molar refractivity (Wildman–Crippen MR) is 253 cm³/mol. The molecule has 1 saturated carbocycles. The van der Waals surface area contributed by atoms with Gasteiger partial charge in [0.15, 0.2) is 0 Å². The minimum atomic E-state index is -0.169. The van der Waals surface area contributed by atoms with Gasteiger partial charge in [0.1, 0.15) is 0 Å². The maximum Gasteiger partial charge on any atom is 0.0701 e. The molecule has 0 atom stereocenters. The normalized spacial score (nSPS) is 18.4. The standard InChI is InChI=1S/C54H60N6/c1-52(2,3)49(58-43-25-19-37(20-26-43)46-16-10-13-31-55-46)40-34-41(50(53(4,5)6)59-44-27-21-38(22-28-44)47-17-11-14-32-56-47)36-42(35-40)51(54(7,8)9)60-45-29-23-39(24-30-45)48-18-12-15-33-57-48/h10-33,40-42H,34-36H2,1-9H3/b58-49+,59-50+,60-51+. The third-order valence-electron chi connectivity index (χ3n) is 11.4. The van der Waals surface area contributed by atoms with Crippen LogP contribution in [0.25, 0.3) is 33.8 Å². The molecule has 0 bridgehead atoms. The van der Waals surface area contributed by atoms with Crippen LogP contribution in [0.1, 0.15) is 81.6 Å². The maximum absolute atomic E-state index is 5.55. The second-order valence-corrected chi connectivity index (χ2v) is 19.3. The average molecular weight is 793 g/mol. The van der Waals surface area contributed by atoms with Crippen molar-refractivity contribution in [2.75, 3.05) is 0 Å². The molecule has 7 rings (SSSR count). The minimum Gasteiger partial charge on any atom is -0.257 e. The van der Waals surface area contributed by atoms with Gasteiger partial charge in [0, 0.05) is 68.7 Å². The lowest BCUT2D eigenvalue weighted by Crippen LogP contribution is -2.43. The highest BCUT2D eigenvalue weighted by molar-refractivity contribution is 5.99. The molecule has 0 unspecified atom stereocenters. The van der Waals surface area contributed by atoms with Crippen LogP contribution in [0.15, 0.2) is 161 Å². The Bertz CT molecular complexity index is 2130. The van der Waals surface area contributed by atoms with Crippen molar-refractivity contribution in [2.24, 2.45) is 49.0 Å². The van der Waals surface area contributed by atoms with Crippen LogP contribution in [-0.4, -0.2) is 32.1 Å². The Morgan fingerprint density at radius 3 is 0.817 bits per heavy atom. The summed E-state index contributed by atoms with van der Waals surface area (Å²) in [7, 11) is 0. The molecule has 0 spiro atoms. The topological polar surface area (TPSA) is 75.8 Å². The summed E-state index contributed by atoms with van der Waals surface area (Å²) in [6.45, 7) is 20.8. The number of nitrogens with zero attached hydrogens (tertiary/aromatic N) is 6. The lowest BCUT2D eigenvalue weighted by atomic mass is 9.62. The van der Waals surface area contributed by atoms with E-state index in [1.54, 1.807) is 0 Å². The quantitative estimate of drug-likeness (QED) is 0.137. The Hall–Kier alpha value is -5.88. The molecule has 3 aromatic carbocycles. The summed E-state index contributed by atoms with van der Waals surface area (Å²) in [6.07, 6.45) is 8.43. The van der Waals surface area contributed by atoms with Gasteiger partial charge in [-0.05, 0) is 110 Å². The van der Waals surface area contributed by atoms with E-state index in [1.165, 1.54) is 17.1 Å². The smallest absolute Gasteiger partial charge is 0.0701 e. The van der Waals surface area contributed by atoms with E-state index >= 15 is 0 Å². The molecule has 0 aliphatic heterocycles. The Kier molecular flexibility index (Phi) is 12.5. The molecule has 3 heterocycles. The van der Waals surface area contributed by atoms with Crippen LogP contribution in [0, 0.1) is 34.0 Å². The second-order valence-electron chi connectivity index (χ2n) is 19.3. The highest BCUT2D eigenvalue weighted by Gasteiger charge is 2.43. The molecule has 0 N–H and O–H groups in total. The number of aliphatic imine (C=N–C) groups is 3. The first-order valence-electron chi connectivity index (χ1n) is 21.4. The minimum absolute atomic E-state index is 0.169. The van der Waals surface area contributed by atoms with Gasteiger partial charge < -0.3 is 0 Å². The van der Waals surface area contributed by atoms with Gasteiger partial charge in [0.25, 0.3) is 0 Å². The van der Waals surface area contributed by atoms with Crippen LogP contribution >= 0.6 is 0 Å². The lowest BCUT2D eigenvalue weighted by Gasteiger charge is -2.43. The third-order valence-corrected chi connectivity index (χ3v) is 11.4. The van der Waals surface area contributed by atoms with Crippen molar-refractivity contribution in [1.82, 2.24) is 15.0 Å². The fourth-order valence-corrected chi connectivity index (χ4v) is 8.74. The molecule has 1 aliphatic carbocycles. The number of pyridine rings is 3. The first-order valence-corrected chi connectivity index (χ1v) is 21.4. The Balaban J connectivity index is 1.30. The van der Waals surface area contributed by atoms with Gasteiger partial charge in [-0.25, -0.2) is 0 Å². The van der Waals surface area contributed by atoms with Crippen molar-refractivity contribution in [3.05, 3.63) is 146 Å². The number of hydrogen-bond donors (Lipinski definition) is 0. The van der Waals surface area contributed by atoms with Gasteiger partial charge in [0.05, 0.1) is 34.1 Å². The van der Waals surface area contributed by atoms with Crippen molar-refractivity contribution in [2.45, 2.75) is 81.6 Å². The Labute approximate surface area is 358 Å². The van der Waals surface area contributed by atoms with Crippen molar-refractivity contribution >= 4 is 34.2 Å². The van der Waals surface area contributed by atoms with Crippen LogP contribution < -0.4 is 0 Å². The maximum atomic E-state index is 5.55. The molecule has 60 heavy (non-hydrogen) atoms. The zero-order valence-corrected chi connectivity index (χ0v) is 36.9. The molecule has 6 aromatic rings. The highest BCUT2D eigenvalue weighted by Crippen LogP contribution is 2.46. The Morgan fingerprint density at radius 1 is 0.367 bits per heavy atom. The van der Waals surface area contributed by atoms with Gasteiger partial charge in [-0.1, -0.05) is 117 Å². The van der Waals surface area contributed by atoms with Gasteiger partial charge in [-0.15, -0.1) is 0 Å². The monoisotopic (exact) mass is 792 g/mol. The zero-order valence-electron chi connectivity index (χ0n) is 36.9. The molecule has 1 aliphatic rings. The lowest BCUT2D eigenvalue weighted by molar-refractivity contribution is 0.301. The molecule has 0 amide bonds. The van der Waals surface area contributed by atoms with Gasteiger partial charge in [-0.3, -0.25) is 29.9 Å². The summed E-state index contributed by atoms with van der Waals surface area (Å²) < 4.78 is 0. The summed E-state index contributed by atoms with van der Waals surface area (Å²) in [6, 6.07) is 43.8. The third kappa shape index (κ3) is 10.5. The predicted octanol–water partition coefficient (Wildman–Crippen LogP) is 14.7. The van der Waals surface area contributed by atoms with Crippen LogP contribution in [0.4, 0.5) is 17.1 Å². The fraction of sp³-hybridized carbons (Fsp3) is 0.333.